The van der Waals surface area contributed by atoms with E-state index in [4.69, 9.17) is 21.3 Å². The van der Waals surface area contributed by atoms with E-state index in [1.165, 1.54) is 0 Å². The molecule has 12 heavy (non-hydrogen) atoms. The van der Waals surface area contributed by atoms with Crippen LogP contribution in [0.1, 0.15) is 26.7 Å². The van der Waals surface area contributed by atoms with Gasteiger partial charge in [-0.2, -0.15) is 0 Å². The van der Waals surface area contributed by atoms with E-state index >= 15 is 0 Å². The summed E-state index contributed by atoms with van der Waals surface area (Å²) >= 11 is 0. The summed E-state index contributed by atoms with van der Waals surface area (Å²) < 4.78 is 11.0. The highest BCUT2D eigenvalue weighted by molar-refractivity contribution is 7.53. The predicted octanol–water partition coefficient (Wildman–Crippen LogP) is -0.0336. The highest BCUT2D eigenvalue weighted by Crippen LogP contribution is 2.50. The van der Waals surface area contributed by atoms with Crippen molar-refractivity contribution >= 4 is 7.60 Å². The number of nitrogens with two attached hydrogens (primary N) is 2. The average Bonchev–Trinajstić information content (AvgIpc) is 1.99. The number of rotatable bonds is 4. The Morgan fingerprint density at radius 2 is 1.92 bits per heavy atom. The second kappa shape index (κ2) is 3.85. The lowest BCUT2D eigenvalue weighted by Crippen LogP contribution is -2.54. The second-order valence-corrected chi connectivity index (χ2v) is 4.82. The first kappa shape index (κ1) is 12.1. The Kier molecular flexibility index (Phi) is 3.87. The third kappa shape index (κ3) is 2.06. The molecule has 0 heterocycles. The van der Waals surface area contributed by atoms with Crippen molar-refractivity contribution in [3.05, 3.63) is 0 Å². The van der Waals surface area contributed by atoms with E-state index in [9.17, 15) is 4.57 Å². The Bertz CT molecular complexity index is 193. The van der Waals surface area contributed by atoms with Gasteiger partial charge in [-0.3, -0.25) is 4.57 Å². The maximum atomic E-state index is 11.0. The maximum absolute atomic E-state index is 11.0. The molecule has 0 radical (unpaired) electrons. The Hall–Kier alpha value is 0.0700. The van der Waals surface area contributed by atoms with E-state index < -0.39 is 18.9 Å². The fourth-order valence-corrected chi connectivity index (χ4v) is 2.06. The molecular weight excluding hydrogens is 179 g/mol. The van der Waals surface area contributed by atoms with Crippen LogP contribution in [0.2, 0.25) is 0 Å². The topological polar surface area (TPSA) is 110 Å². The standard InChI is InChI=1S/C6H17N2O3P/c1-3-5(7)6(8,4-2)12(9,10)11/h5H,3-4,7-8H2,1-2H3,(H2,9,10,11). The van der Waals surface area contributed by atoms with E-state index in [2.05, 4.69) is 0 Å². The van der Waals surface area contributed by atoms with Crippen LogP contribution in [0.5, 0.6) is 0 Å². The molecule has 0 aliphatic rings. The fraction of sp³-hybridized carbons (Fsp3) is 1.00. The molecule has 0 fully saturated rings. The van der Waals surface area contributed by atoms with Crippen LogP contribution in [0.3, 0.4) is 0 Å². The van der Waals surface area contributed by atoms with E-state index in [-0.39, 0.29) is 6.42 Å². The minimum absolute atomic E-state index is 0.173. The third-order valence-corrected chi connectivity index (χ3v) is 3.92. The highest BCUT2D eigenvalue weighted by Gasteiger charge is 2.45. The van der Waals surface area contributed by atoms with Crippen molar-refractivity contribution in [1.82, 2.24) is 0 Å². The normalized spacial score (nSPS) is 20.2. The molecule has 6 N–H and O–H groups in total. The first-order chi connectivity index (χ1) is 5.29. The van der Waals surface area contributed by atoms with Crippen LogP contribution in [0.25, 0.3) is 0 Å². The molecule has 0 saturated carbocycles. The minimum Gasteiger partial charge on any atom is -0.326 e. The zero-order valence-corrected chi connectivity index (χ0v) is 8.29. The predicted molar refractivity (Wildman–Crippen MR) is 47.5 cm³/mol. The molecule has 0 amide bonds. The summed E-state index contributed by atoms with van der Waals surface area (Å²) in [6.07, 6.45) is 0.627. The molecule has 0 aromatic carbocycles. The molecule has 0 saturated heterocycles. The SMILES string of the molecule is CCC(N)C(N)(CC)P(=O)(O)O. The van der Waals surface area contributed by atoms with Gasteiger partial charge in [0, 0.05) is 6.04 Å². The van der Waals surface area contributed by atoms with E-state index in [1.807, 2.05) is 0 Å². The van der Waals surface area contributed by atoms with Gasteiger partial charge in [-0.15, -0.1) is 0 Å². The quantitative estimate of drug-likeness (QED) is 0.472. The first-order valence-corrected chi connectivity index (χ1v) is 5.51. The van der Waals surface area contributed by atoms with Gasteiger partial charge in [0.1, 0.15) is 5.28 Å². The van der Waals surface area contributed by atoms with Gasteiger partial charge in [0.25, 0.3) is 0 Å². The Balaban J connectivity index is 4.80. The first-order valence-electron chi connectivity index (χ1n) is 3.89. The van der Waals surface area contributed by atoms with Gasteiger partial charge in [0.15, 0.2) is 0 Å². The smallest absolute Gasteiger partial charge is 0.326 e. The summed E-state index contributed by atoms with van der Waals surface area (Å²) in [5, 5.41) is -1.57. The van der Waals surface area contributed by atoms with Crippen molar-refractivity contribution in [3.8, 4) is 0 Å². The van der Waals surface area contributed by atoms with Crippen molar-refractivity contribution in [2.24, 2.45) is 11.5 Å². The van der Waals surface area contributed by atoms with Gasteiger partial charge in [-0.1, -0.05) is 13.8 Å². The lowest BCUT2D eigenvalue weighted by molar-refractivity contribution is 0.294. The summed E-state index contributed by atoms with van der Waals surface area (Å²) in [5.41, 5.74) is 11.1. The van der Waals surface area contributed by atoms with Crippen LogP contribution in [0.15, 0.2) is 0 Å². The summed E-state index contributed by atoms with van der Waals surface area (Å²) in [6.45, 7) is 3.37. The van der Waals surface area contributed by atoms with Gasteiger partial charge in [-0.25, -0.2) is 0 Å². The summed E-state index contributed by atoms with van der Waals surface area (Å²) in [6, 6.07) is -0.664. The average molecular weight is 196 g/mol. The van der Waals surface area contributed by atoms with Crippen LogP contribution >= 0.6 is 7.60 Å². The third-order valence-electron chi connectivity index (χ3n) is 2.19. The number of hydrogen-bond donors (Lipinski definition) is 4. The minimum atomic E-state index is -4.31. The van der Waals surface area contributed by atoms with Crippen LogP contribution < -0.4 is 11.5 Å². The molecule has 0 aliphatic carbocycles. The number of hydrogen-bond acceptors (Lipinski definition) is 3. The second-order valence-electron chi connectivity index (χ2n) is 2.90. The molecule has 0 bridgehead atoms. The molecule has 5 nitrogen and oxygen atoms in total. The van der Waals surface area contributed by atoms with Gasteiger partial charge < -0.3 is 21.3 Å². The van der Waals surface area contributed by atoms with Gasteiger partial charge in [0.2, 0.25) is 0 Å². The lowest BCUT2D eigenvalue weighted by Gasteiger charge is -2.33. The zero-order valence-electron chi connectivity index (χ0n) is 7.40. The van der Waals surface area contributed by atoms with Crippen LogP contribution in [-0.2, 0) is 4.57 Å². The Morgan fingerprint density at radius 1 is 1.50 bits per heavy atom. The monoisotopic (exact) mass is 196 g/mol. The van der Waals surface area contributed by atoms with Crippen molar-refractivity contribution in [3.63, 3.8) is 0 Å². The van der Waals surface area contributed by atoms with Crippen molar-refractivity contribution in [2.45, 2.75) is 38.0 Å². The Morgan fingerprint density at radius 3 is 2.00 bits per heavy atom. The largest absolute Gasteiger partial charge is 0.346 e. The molecular formula is C6H17N2O3P. The maximum Gasteiger partial charge on any atom is 0.346 e. The Labute approximate surface area is 72.3 Å². The van der Waals surface area contributed by atoms with Crippen LogP contribution in [0, 0.1) is 0 Å². The lowest BCUT2D eigenvalue weighted by atomic mass is 10.0. The van der Waals surface area contributed by atoms with Gasteiger partial charge >= 0.3 is 7.60 Å². The molecule has 74 valence electrons. The summed E-state index contributed by atoms with van der Waals surface area (Å²) in [5.74, 6) is 0. The summed E-state index contributed by atoms with van der Waals surface area (Å²) in [4.78, 5) is 17.9. The molecule has 2 atom stereocenters. The summed E-state index contributed by atoms with van der Waals surface area (Å²) in [7, 11) is -4.31. The van der Waals surface area contributed by atoms with Crippen molar-refractivity contribution in [1.29, 1.82) is 0 Å². The molecule has 0 spiro atoms. The van der Waals surface area contributed by atoms with Crippen molar-refractivity contribution < 1.29 is 14.4 Å². The fourth-order valence-electron chi connectivity index (χ4n) is 1.04. The molecule has 0 aromatic heterocycles. The van der Waals surface area contributed by atoms with Crippen molar-refractivity contribution in [2.75, 3.05) is 0 Å². The van der Waals surface area contributed by atoms with Crippen LogP contribution in [0.4, 0.5) is 0 Å². The van der Waals surface area contributed by atoms with E-state index in [0.29, 0.717) is 6.42 Å². The molecule has 0 rings (SSSR count). The zero-order chi connectivity index (χ0) is 9.99. The highest BCUT2D eigenvalue weighted by atomic mass is 31.2. The molecule has 0 aliphatic heterocycles. The van der Waals surface area contributed by atoms with E-state index in [1.54, 1.807) is 13.8 Å². The van der Waals surface area contributed by atoms with E-state index in [0.717, 1.165) is 0 Å². The molecule has 2 unspecified atom stereocenters. The van der Waals surface area contributed by atoms with Gasteiger partial charge in [-0.05, 0) is 12.8 Å². The van der Waals surface area contributed by atoms with Crippen LogP contribution in [-0.4, -0.2) is 21.1 Å². The molecule has 0 aromatic rings. The molecule has 6 heteroatoms. The van der Waals surface area contributed by atoms with Gasteiger partial charge in [0.05, 0.1) is 0 Å².